The maximum atomic E-state index is 12.2. The van der Waals surface area contributed by atoms with Crippen LogP contribution in [0.5, 0.6) is 0 Å². The Balaban J connectivity index is 2.60. The number of fused-ring (bicyclic) bond motifs is 1. The summed E-state index contributed by atoms with van der Waals surface area (Å²) in [6.07, 6.45) is 0. The summed E-state index contributed by atoms with van der Waals surface area (Å²) in [5, 5.41) is 0. The molecule has 0 aromatic carbocycles. The number of methoxy groups -OCH3 is 2. The Hall–Kier alpha value is -0.870. The number of rotatable bonds is 5. The van der Waals surface area contributed by atoms with E-state index in [1.165, 1.54) is 35.0 Å². The molecule has 9 heteroatoms. The van der Waals surface area contributed by atoms with Crippen LogP contribution >= 0.6 is 23.5 Å². The maximum absolute atomic E-state index is 12.2. The van der Waals surface area contributed by atoms with E-state index in [4.69, 9.17) is 18.9 Å². The van der Waals surface area contributed by atoms with Crippen LogP contribution in [0.25, 0.3) is 0 Å². The third-order valence-corrected chi connectivity index (χ3v) is 7.40. The summed E-state index contributed by atoms with van der Waals surface area (Å²) in [7, 11) is 2.77. The number of allylic oxidation sites excluding steroid dienone is 2. The third-order valence-electron chi connectivity index (χ3n) is 3.93. The first kappa shape index (κ1) is 19.5. The Kier molecular flexibility index (Phi) is 5.23. The van der Waals surface area contributed by atoms with Gasteiger partial charge in [-0.2, -0.15) is 0 Å². The predicted molar refractivity (Wildman–Crippen MR) is 89.2 cm³/mol. The number of Topliss-reactive ketones (excluding diaryl/α,β-unsaturated/α-hetero) is 3. The number of thioether (sulfide) groups is 2. The lowest BCUT2D eigenvalue weighted by Crippen LogP contribution is -2.69. The first-order valence-corrected chi connectivity index (χ1v) is 8.96. The molecule has 1 fully saturated rings. The minimum absolute atomic E-state index is 0.144. The van der Waals surface area contributed by atoms with Crippen molar-refractivity contribution < 1.29 is 33.3 Å². The summed E-state index contributed by atoms with van der Waals surface area (Å²) in [6.45, 7) is 5.57. The van der Waals surface area contributed by atoms with Crippen molar-refractivity contribution in [3.63, 3.8) is 0 Å². The molecule has 0 amide bonds. The van der Waals surface area contributed by atoms with Gasteiger partial charge < -0.3 is 14.2 Å². The molecule has 0 aromatic heterocycles. The minimum atomic E-state index is -1.84. The zero-order valence-electron chi connectivity index (χ0n) is 14.4. The van der Waals surface area contributed by atoms with Crippen LogP contribution in [0, 0.1) is 0 Å². The Morgan fingerprint density at radius 1 is 1.08 bits per heavy atom. The van der Waals surface area contributed by atoms with Crippen molar-refractivity contribution in [1.29, 1.82) is 0 Å². The average Bonchev–Trinajstić information content (AvgIpc) is 2.52. The summed E-state index contributed by atoms with van der Waals surface area (Å²) in [6, 6.07) is 0. The van der Waals surface area contributed by atoms with Gasteiger partial charge in [0.25, 0.3) is 0 Å². The second-order valence-corrected chi connectivity index (χ2v) is 7.91. The molecule has 0 unspecified atom stereocenters. The third kappa shape index (κ3) is 2.62. The predicted octanol–water partition coefficient (Wildman–Crippen LogP) is 1.85. The topological polar surface area (TPSA) is 88.1 Å². The SMILES string of the molecule is CO[C@]12OC(C)=C(C(C)=O)S[C@@]1(OC)CSC(C(C)=O)(C(C)=O)O2. The van der Waals surface area contributed by atoms with Crippen molar-refractivity contribution in [2.45, 2.75) is 43.5 Å². The Morgan fingerprint density at radius 3 is 2.08 bits per heavy atom. The lowest BCUT2D eigenvalue weighted by Gasteiger charge is -2.54. The molecule has 1 saturated heterocycles. The van der Waals surface area contributed by atoms with Gasteiger partial charge in [0.15, 0.2) is 17.3 Å². The molecule has 2 aliphatic rings. The molecular formula is C15H20O7S2. The lowest BCUT2D eigenvalue weighted by molar-refractivity contribution is -0.414. The van der Waals surface area contributed by atoms with E-state index < -0.39 is 27.4 Å². The molecule has 134 valence electrons. The molecule has 7 nitrogen and oxygen atoms in total. The summed E-state index contributed by atoms with van der Waals surface area (Å²) in [5.74, 6) is -2.51. The maximum Gasteiger partial charge on any atom is 0.370 e. The lowest BCUT2D eigenvalue weighted by atomic mass is 10.1. The molecule has 2 aliphatic heterocycles. The van der Waals surface area contributed by atoms with E-state index in [1.54, 1.807) is 6.92 Å². The minimum Gasteiger partial charge on any atom is -0.440 e. The average molecular weight is 376 g/mol. The van der Waals surface area contributed by atoms with Crippen molar-refractivity contribution in [2.24, 2.45) is 0 Å². The highest BCUT2D eigenvalue weighted by atomic mass is 32.2. The van der Waals surface area contributed by atoms with Crippen LogP contribution < -0.4 is 0 Å². The number of ketones is 3. The van der Waals surface area contributed by atoms with E-state index in [0.29, 0.717) is 4.91 Å². The van der Waals surface area contributed by atoms with Crippen LogP contribution in [0.1, 0.15) is 27.7 Å². The molecule has 0 saturated carbocycles. The molecule has 0 N–H and O–H groups in total. The van der Waals surface area contributed by atoms with Crippen LogP contribution in [0.4, 0.5) is 0 Å². The quantitative estimate of drug-likeness (QED) is 0.667. The van der Waals surface area contributed by atoms with E-state index in [0.717, 1.165) is 23.5 Å². The van der Waals surface area contributed by atoms with Crippen molar-refractivity contribution in [1.82, 2.24) is 0 Å². The van der Waals surface area contributed by atoms with Gasteiger partial charge in [-0.3, -0.25) is 19.1 Å². The van der Waals surface area contributed by atoms with E-state index in [2.05, 4.69) is 0 Å². The van der Waals surface area contributed by atoms with Gasteiger partial charge >= 0.3 is 5.97 Å². The van der Waals surface area contributed by atoms with Crippen molar-refractivity contribution >= 4 is 40.9 Å². The van der Waals surface area contributed by atoms with Crippen LogP contribution in [-0.2, 0) is 33.3 Å². The molecule has 0 bridgehead atoms. The number of ether oxygens (including phenoxy) is 4. The largest absolute Gasteiger partial charge is 0.440 e. The van der Waals surface area contributed by atoms with Gasteiger partial charge in [-0.05, 0) is 27.7 Å². The van der Waals surface area contributed by atoms with Gasteiger partial charge in [-0.1, -0.05) is 11.8 Å². The summed E-state index contributed by atoms with van der Waals surface area (Å²) in [4.78, 5) is 33.6. The first-order valence-electron chi connectivity index (χ1n) is 7.16. The van der Waals surface area contributed by atoms with Crippen molar-refractivity contribution in [3.05, 3.63) is 10.7 Å². The van der Waals surface area contributed by atoms with Crippen molar-refractivity contribution in [3.8, 4) is 0 Å². The second kappa shape index (κ2) is 6.45. The second-order valence-electron chi connectivity index (χ2n) is 5.48. The smallest absolute Gasteiger partial charge is 0.370 e. The highest BCUT2D eigenvalue weighted by molar-refractivity contribution is 8.07. The fourth-order valence-electron chi connectivity index (χ4n) is 2.64. The zero-order valence-corrected chi connectivity index (χ0v) is 16.0. The normalized spacial score (nSPS) is 31.9. The number of carbonyl (C=O) groups excluding carboxylic acids is 3. The molecular weight excluding hydrogens is 356 g/mol. The molecule has 24 heavy (non-hydrogen) atoms. The monoisotopic (exact) mass is 376 g/mol. The van der Waals surface area contributed by atoms with Crippen molar-refractivity contribution in [2.75, 3.05) is 20.0 Å². The zero-order chi connectivity index (χ0) is 18.3. The van der Waals surface area contributed by atoms with E-state index in [-0.39, 0.29) is 17.3 Å². The molecule has 0 aromatic rings. The van der Waals surface area contributed by atoms with E-state index >= 15 is 0 Å². The number of carbonyl (C=O) groups is 3. The highest BCUT2D eigenvalue weighted by Gasteiger charge is 2.70. The number of hydrogen-bond donors (Lipinski definition) is 0. The Morgan fingerprint density at radius 2 is 1.67 bits per heavy atom. The van der Waals surface area contributed by atoms with Gasteiger partial charge in [0, 0.05) is 20.0 Å². The molecule has 2 rings (SSSR count). The summed E-state index contributed by atoms with van der Waals surface area (Å²) in [5.41, 5.74) is 0. The summed E-state index contributed by atoms with van der Waals surface area (Å²) >= 11 is 2.12. The molecule has 2 heterocycles. The fourth-order valence-corrected chi connectivity index (χ4v) is 5.35. The van der Waals surface area contributed by atoms with Gasteiger partial charge in [0.05, 0.1) is 4.91 Å². The van der Waals surface area contributed by atoms with Crippen LogP contribution in [0.3, 0.4) is 0 Å². The van der Waals surface area contributed by atoms with Gasteiger partial charge in [-0.25, -0.2) is 0 Å². The van der Waals surface area contributed by atoms with Gasteiger partial charge in [-0.15, -0.1) is 11.8 Å². The van der Waals surface area contributed by atoms with Crippen LogP contribution in [0.2, 0.25) is 0 Å². The first-order chi connectivity index (χ1) is 11.1. The Labute approximate surface area is 148 Å². The van der Waals surface area contributed by atoms with Gasteiger partial charge in [0.1, 0.15) is 5.76 Å². The van der Waals surface area contributed by atoms with Crippen LogP contribution in [-0.4, -0.2) is 53.2 Å². The molecule has 2 atom stereocenters. The summed E-state index contributed by atoms with van der Waals surface area (Å²) < 4.78 is 22.8. The Bertz CT molecular complexity index is 615. The molecule has 0 aliphatic carbocycles. The fraction of sp³-hybridized carbons (Fsp3) is 0.667. The highest BCUT2D eigenvalue weighted by Crippen LogP contribution is 2.58. The molecule has 0 spiro atoms. The standard InChI is InChI=1S/C15H20O7S2/c1-8(16)12-9(2)21-15(20-6)13(19-5,24-12)7-23-14(22-15,10(3)17)11(4)18/h7H2,1-6H3/t13-,15-/m0/s1. The van der Waals surface area contributed by atoms with E-state index in [1.807, 2.05) is 0 Å². The number of hydrogen-bond acceptors (Lipinski definition) is 9. The van der Waals surface area contributed by atoms with Crippen LogP contribution in [0.15, 0.2) is 10.7 Å². The molecule has 0 radical (unpaired) electrons. The van der Waals surface area contributed by atoms with E-state index in [9.17, 15) is 14.4 Å². The van der Waals surface area contributed by atoms with Gasteiger partial charge in [0.2, 0.25) is 9.87 Å².